The minimum absolute atomic E-state index is 0.0562. The van der Waals surface area contributed by atoms with Gasteiger partial charge in [-0.1, -0.05) is 25.0 Å². The lowest BCUT2D eigenvalue weighted by atomic mass is 10.00. The molecule has 0 saturated carbocycles. The van der Waals surface area contributed by atoms with Crippen molar-refractivity contribution in [3.05, 3.63) is 28.8 Å². The van der Waals surface area contributed by atoms with Crippen LogP contribution < -0.4 is 4.90 Å². The minimum atomic E-state index is -1.20. The van der Waals surface area contributed by atoms with Gasteiger partial charge in [0.15, 0.2) is 0 Å². The first-order valence-electron chi connectivity index (χ1n) is 7.81. The number of hydrogen-bond donors (Lipinski definition) is 0. The Morgan fingerprint density at radius 2 is 1.95 bits per heavy atom. The van der Waals surface area contributed by atoms with Crippen LogP contribution in [0.25, 0.3) is 0 Å². The highest BCUT2D eigenvalue weighted by molar-refractivity contribution is 6.07. The molecule has 0 aromatic heterocycles. The van der Waals surface area contributed by atoms with Gasteiger partial charge in [-0.3, -0.25) is 4.79 Å². The van der Waals surface area contributed by atoms with Crippen molar-refractivity contribution in [3.8, 4) is 0 Å². The molecule has 1 amide bonds. The summed E-state index contributed by atoms with van der Waals surface area (Å²) >= 11 is 0. The summed E-state index contributed by atoms with van der Waals surface area (Å²) in [6.45, 7) is 8.09. The average Bonchev–Trinajstić information content (AvgIpc) is 2.69. The molecule has 114 valence electrons. The number of amides is 1. The topological polar surface area (TPSA) is 38.8 Å². The molecule has 0 unspecified atom stereocenters. The zero-order valence-electron chi connectivity index (χ0n) is 13.1. The highest BCUT2D eigenvalue weighted by Crippen LogP contribution is 2.47. The molecule has 2 heterocycles. The van der Waals surface area contributed by atoms with Gasteiger partial charge in [-0.25, -0.2) is 0 Å². The fourth-order valence-corrected chi connectivity index (χ4v) is 3.30. The molecule has 0 bridgehead atoms. The maximum absolute atomic E-state index is 13.0. The number of rotatable bonds is 3. The van der Waals surface area contributed by atoms with Gasteiger partial charge in [-0.2, -0.15) is 0 Å². The summed E-state index contributed by atoms with van der Waals surface area (Å²) < 4.78 is 11.7. The summed E-state index contributed by atoms with van der Waals surface area (Å²) in [5.41, 5.74) is 4.12. The Morgan fingerprint density at radius 3 is 2.62 bits per heavy atom. The van der Waals surface area contributed by atoms with Gasteiger partial charge in [-0.15, -0.1) is 0 Å². The Balaban J connectivity index is 2.12. The van der Waals surface area contributed by atoms with Crippen LogP contribution in [0.4, 0.5) is 5.69 Å². The molecule has 1 spiro atoms. The Bertz CT molecular complexity index is 561. The van der Waals surface area contributed by atoms with Gasteiger partial charge in [0.25, 0.3) is 11.7 Å². The summed E-state index contributed by atoms with van der Waals surface area (Å²) in [6, 6.07) is 4.16. The summed E-state index contributed by atoms with van der Waals surface area (Å²) in [5, 5.41) is 0. The number of aryl methyl sites for hydroxylation is 2. The number of unbranched alkanes of at least 4 members (excludes halogenated alkanes) is 1. The number of carbonyl (C=O) groups is 1. The number of ether oxygens (including phenoxy) is 2. The number of fused-ring (bicyclic) bond motifs is 2. The number of anilines is 1. The van der Waals surface area contributed by atoms with Crippen molar-refractivity contribution >= 4 is 11.6 Å². The van der Waals surface area contributed by atoms with Crippen molar-refractivity contribution < 1.29 is 14.3 Å². The first kappa shape index (κ1) is 14.5. The molecule has 4 heteroatoms. The zero-order chi connectivity index (χ0) is 15.0. The predicted molar refractivity (Wildman–Crippen MR) is 81.4 cm³/mol. The van der Waals surface area contributed by atoms with E-state index in [0.29, 0.717) is 13.2 Å². The normalized spacial score (nSPS) is 20.1. The van der Waals surface area contributed by atoms with E-state index in [1.807, 2.05) is 17.9 Å². The van der Waals surface area contributed by atoms with E-state index in [9.17, 15) is 4.79 Å². The van der Waals surface area contributed by atoms with Crippen LogP contribution in [0, 0.1) is 13.8 Å². The SMILES string of the molecule is CCCCN1C(=O)C2(OCCCO2)c2cc(C)cc(C)c21. The molecule has 1 saturated heterocycles. The van der Waals surface area contributed by atoms with E-state index in [-0.39, 0.29) is 5.91 Å². The smallest absolute Gasteiger partial charge is 0.292 e. The quantitative estimate of drug-likeness (QED) is 0.858. The van der Waals surface area contributed by atoms with E-state index < -0.39 is 5.79 Å². The van der Waals surface area contributed by atoms with Crippen molar-refractivity contribution in [2.75, 3.05) is 24.7 Å². The third kappa shape index (κ3) is 2.17. The number of carbonyl (C=O) groups excluding carboxylic acids is 1. The van der Waals surface area contributed by atoms with E-state index in [1.165, 1.54) is 0 Å². The maximum atomic E-state index is 13.0. The fourth-order valence-electron chi connectivity index (χ4n) is 3.30. The van der Waals surface area contributed by atoms with Crippen LogP contribution >= 0.6 is 0 Å². The number of nitrogens with zero attached hydrogens (tertiary/aromatic N) is 1. The van der Waals surface area contributed by atoms with Crippen LogP contribution in [0.1, 0.15) is 42.9 Å². The van der Waals surface area contributed by atoms with Gasteiger partial charge in [0, 0.05) is 12.1 Å². The molecule has 0 N–H and O–H groups in total. The van der Waals surface area contributed by atoms with Gasteiger partial charge in [-0.05, 0) is 38.3 Å². The summed E-state index contributed by atoms with van der Waals surface area (Å²) in [4.78, 5) is 14.8. The Labute approximate surface area is 126 Å². The number of hydrogen-bond acceptors (Lipinski definition) is 3. The van der Waals surface area contributed by atoms with E-state index in [4.69, 9.17) is 9.47 Å². The van der Waals surface area contributed by atoms with Gasteiger partial charge in [0.2, 0.25) is 0 Å². The lowest BCUT2D eigenvalue weighted by Gasteiger charge is -2.32. The summed E-state index contributed by atoms with van der Waals surface area (Å²) in [7, 11) is 0. The molecule has 2 aliphatic heterocycles. The Hall–Kier alpha value is -1.39. The fraction of sp³-hybridized carbons (Fsp3) is 0.588. The first-order chi connectivity index (χ1) is 10.1. The molecular formula is C17H23NO3. The molecule has 0 atom stereocenters. The second-order valence-electron chi connectivity index (χ2n) is 5.96. The highest BCUT2D eigenvalue weighted by Gasteiger charge is 2.55. The van der Waals surface area contributed by atoms with Crippen LogP contribution in [0.15, 0.2) is 12.1 Å². The van der Waals surface area contributed by atoms with Crippen molar-refractivity contribution in [2.45, 2.75) is 45.8 Å². The third-order valence-electron chi connectivity index (χ3n) is 4.23. The first-order valence-corrected chi connectivity index (χ1v) is 7.81. The Kier molecular flexibility index (Phi) is 3.76. The van der Waals surface area contributed by atoms with Gasteiger partial charge in [0.1, 0.15) is 0 Å². The molecule has 3 rings (SSSR count). The van der Waals surface area contributed by atoms with Gasteiger partial charge >= 0.3 is 0 Å². The van der Waals surface area contributed by atoms with E-state index in [0.717, 1.165) is 48.2 Å². The highest BCUT2D eigenvalue weighted by atomic mass is 16.7. The van der Waals surface area contributed by atoms with Crippen LogP contribution in [-0.2, 0) is 20.1 Å². The van der Waals surface area contributed by atoms with Crippen molar-refractivity contribution in [1.82, 2.24) is 0 Å². The van der Waals surface area contributed by atoms with Gasteiger partial charge < -0.3 is 14.4 Å². The second kappa shape index (κ2) is 5.43. The zero-order valence-corrected chi connectivity index (χ0v) is 13.1. The van der Waals surface area contributed by atoms with Crippen LogP contribution in [0.5, 0.6) is 0 Å². The van der Waals surface area contributed by atoms with E-state index in [2.05, 4.69) is 19.9 Å². The van der Waals surface area contributed by atoms with Crippen molar-refractivity contribution in [2.24, 2.45) is 0 Å². The monoisotopic (exact) mass is 289 g/mol. The molecule has 1 fully saturated rings. The molecule has 1 aromatic carbocycles. The molecule has 0 radical (unpaired) electrons. The maximum Gasteiger partial charge on any atom is 0.292 e. The van der Waals surface area contributed by atoms with Gasteiger partial charge in [0.05, 0.1) is 18.9 Å². The molecule has 4 nitrogen and oxygen atoms in total. The number of benzene rings is 1. The van der Waals surface area contributed by atoms with Crippen molar-refractivity contribution in [1.29, 1.82) is 0 Å². The largest absolute Gasteiger partial charge is 0.338 e. The lowest BCUT2D eigenvalue weighted by Crippen LogP contribution is -2.47. The van der Waals surface area contributed by atoms with Crippen LogP contribution in [0.3, 0.4) is 0 Å². The van der Waals surface area contributed by atoms with Crippen LogP contribution in [0.2, 0.25) is 0 Å². The molecule has 2 aliphatic rings. The molecule has 21 heavy (non-hydrogen) atoms. The third-order valence-corrected chi connectivity index (χ3v) is 4.23. The van der Waals surface area contributed by atoms with E-state index in [1.54, 1.807) is 0 Å². The van der Waals surface area contributed by atoms with E-state index >= 15 is 0 Å². The molecule has 0 aliphatic carbocycles. The second-order valence-corrected chi connectivity index (χ2v) is 5.96. The summed E-state index contributed by atoms with van der Waals surface area (Å²) in [5.74, 6) is -1.25. The van der Waals surface area contributed by atoms with Crippen molar-refractivity contribution in [3.63, 3.8) is 0 Å². The Morgan fingerprint density at radius 1 is 1.24 bits per heavy atom. The average molecular weight is 289 g/mol. The molecule has 1 aromatic rings. The van der Waals surface area contributed by atoms with Crippen LogP contribution in [-0.4, -0.2) is 25.7 Å². The molecular weight excluding hydrogens is 266 g/mol. The predicted octanol–water partition coefficient (Wildman–Crippen LogP) is 3.04. The summed E-state index contributed by atoms with van der Waals surface area (Å²) in [6.07, 6.45) is 2.87. The standard InChI is InChI=1S/C17H23NO3/c1-4-5-7-18-15-13(3)10-12(2)11-14(15)17(16(18)19)20-8-6-9-21-17/h10-11H,4-9H2,1-3H3. The minimum Gasteiger partial charge on any atom is -0.338 e. The lowest BCUT2D eigenvalue weighted by molar-refractivity contribution is -0.256.